The number of oxazole rings is 1. The number of nitrogen functional groups attached to an aromatic ring is 1. The fourth-order valence-electron chi connectivity index (χ4n) is 2.53. The van der Waals surface area contributed by atoms with Crippen molar-refractivity contribution in [3.05, 3.63) is 45.9 Å². The van der Waals surface area contributed by atoms with Crippen molar-refractivity contribution in [3.63, 3.8) is 0 Å². The van der Waals surface area contributed by atoms with Gasteiger partial charge < -0.3 is 15.5 Å². The molecule has 0 aliphatic heterocycles. The Balaban J connectivity index is 1.60. The summed E-state index contributed by atoms with van der Waals surface area (Å²) in [5.41, 5.74) is 7.60. The number of nitrogens with one attached hydrogen (secondary N) is 1. The van der Waals surface area contributed by atoms with Crippen molar-refractivity contribution in [2.45, 2.75) is 25.8 Å². The van der Waals surface area contributed by atoms with Gasteiger partial charge in [-0.2, -0.15) is 0 Å². The topological polar surface area (TPSA) is 103 Å². The number of fused-ring (bicyclic) bond motifs is 1. The van der Waals surface area contributed by atoms with E-state index in [4.69, 9.17) is 10.2 Å². The Kier molecular flexibility index (Phi) is 4.66. The second kappa shape index (κ2) is 6.88. The summed E-state index contributed by atoms with van der Waals surface area (Å²) >= 11 is 1.41. The number of aryl methyl sites for hydroxylation is 1. The van der Waals surface area contributed by atoms with Crippen molar-refractivity contribution in [2.24, 2.45) is 0 Å². The summed E-state index contributed by atoms with van der Waals surface area (Å²) in [6, 6.07) is 6.41. The van der Waals surface area contributed by atoms with Gasteiger partial charge in [-0.1, -0.05) is 12.1 Å². The lowest BCUT2D eigenvalue weighted by Gasteiger charge is -2.13. The van der Waals surface area contributed by atoms with E-state index in [1.54, 1.807) is 31.2 Å². The van der Waals surface area contributed by atoms with Crippen LogP contribution in [-0.4, -0.2) is 22.0 Å². The summed E-state index contributed by atoms with van der Waals surface area (Å²) in [5, 5.41) is 5.31. The average Bonchev–Trinajstić information content (AvgIpc) is 3.12. The minimum atomic E-state index is -0.643. The lowest BCUT2D eigenvalue weighted by atomic mass is 10.2. The first-order valence-electron chi connectivity index (χ1n) is 7.64. The van der Waals surface area contributed by atoms with Crippen LogP contribution in [-0.2, 0) is 11.2 Å². The SMILES string of the molecule is C[C@H](C(=O)NCCCc1csc(N)n1)n1c(=O)oc2ccccc21. The van der Waals surface area contributed by atoms with Gasteiger partial charge in [0.1, 0.15) is 6.04 Å². The summed E-state index contributed by atoms with van der Waals surface area (Å²) in [4.78, 5) is 28.5. The number of thiazole rings is 1. The first-order valence-corrected chi connectivity index (χ1v) is 8.52. The number of nitrogens with two attached hydrogens (primary N) is 1. The van der Waals surface area contributed by atoms with Crippen LogP contribution >= 0.6 is 11.3 Å². The van der Waals surface area contributed by atoms with Gasteiger partial charge in [-0.25, -0.2) is 9.78 Å². The molecule has 126 valence electrons. The van der Waals surface area contributed by atoms with Crippen LogP contribution in [0.25, 0.3) is 11.1 Å². The number of benzene rings is 1. The van der Waals surface area contributed by atoms with Gasteiger partial charge in [0.15, 0.2) is 10.7 Å². The van der Waals surface area contributed by atoms with Crippen LogP contribution in [0.15, 0.2) is 38.9 Å². The molecular weight excluding hydrogens is 328 g/mol. The van der Waals surface area contributed by atoms with Crippen LogP contribution in [0.1, 0.15) is 25.1 Å². The van der Waals surface area contributed by atoms with Crippen LogP contribution in [0.3, 0.4) is 0 Å². The molecule has 7 nitrogen and oxygen atoms in total. The number of nitrogens with zero attached hydrogens (tertiary/aromatic N) is 2. The number of amides is 1. The Morgan fingerprint density at radius 1 is 1.46 bits per heavy atom. The molecule has 0 fully saturated rings. The van der Waals surface area contributed by atoms with Crippen molar-refractivity contribution >= 4 is 33.5 Å². The minimum absolute atomic E-state index is 0.221. The molecule has 0 bridgehead atoms. The third kappa shape index (κ3) is 3.33. The largest absolute Gasteiger partial charge is 0.420 e. The molecule has 3 N–H and O–H groups in total. The number of anilines is 1. The highest BCUT2D eigenvalue weighted by molar-refractivity contribution is 7.13. The third-order valence-electron chi connectivity index (χ3n) is 3.76. The van der Waals surface area contributed by atoms with Crippen LogP contribution in [0, 0.1) is 0 Å². The van der Waals surface area contributed by atoms with Crippen LogP contribution in [0.5, 0.6) is 0 Å². The van der Waals surface area contributed by atoms with E-state index in [0.29, 0.717) is 22.8 Å². The highest BCUT2D eigenvalue weighted by Gasteiger charge is 2.20. The fraction of sp³-hybridized carbons (Fsp3) is 0.312. The molecule has 0 aliphatic carbocycles. The first-order chi connectivity index (χ1) is 11.6. The van der Waals surface area contributed by atoms with E-state index in [-0.39, 0.29) is 5.91 Å². The van der Waals surface area contributed by atoms with E-state index in [1.807, 2.05) is 5.38 Å². The zero-order valence-electron chi connectivity index (χ0n) is 13.2. The van der Waals surface area contributed by atoms with Crippen LogP contribution in [0.4, 0.5) is 5.13 Å². The van der Waals surface area contributed by atoms with Crippen LogP contribution in [0.2, 0.25) is 0 Å². The van der Waals surface area contributed by atoms with Crippen molar-refractivity contribution in [2.75, 3.05) is 12.3 Å². The molecule has 1 atom stereocenters. The van der Waals surface area contributed by atoms with E-state index in [2.05, 4.69) is 10.3 Å². The summed E-state index contributed by atoms with van der Waals surface area (Å²) in [6.45, 7) is 2.19. The third-order valence-corrected chi connectivity index (χ3v) is 4.49. The normalized spacial score (nSPS) is 12.4. The van der Waals surface area contributed by atoms with Crippen molar-refractivity contribution in [1.29, 1.82) is 0 Å². The molecule has 0 radical (unpaired) electrons. The predicted molar refractivity (Wildman–Crippen MR) is 93.0 cm³/mol. The molecule has 0 saturated carbocycles. The number of hydrogen-bond donors (Lipinski definition) is 2. The second-order valence-corrected chi connectivity index (χ2v) is 6.34. The maximum absolute atomic E-state index is 12.3. The van der Waals surface area contributed by atoms with Gasteiger partial charge in [0.05, 0.1) is 11.2 Å². The second-order valence-electron chi connectivity index (χ2n) is 5.45. The molecule has 0 aliphatic rings. The van der Waals surface area contributed by atoms with Gasteiger partial charge >= 0.3 is 5.76 Å². The quantitative estimate of drug-likeness (QED) is 0.664. The van der Waals surface area contributed by atoms with Crippen molar-refractivity contribution in [1.82, 2.24) is 14.9 Å². The lowest BCUT2D eigenvalue weighted by molar-refractivity contribution is -0.123. The number of hydrogen-bond acceptors (Lipinski definition) is 6. The molecule has 8 heteroatoms. The van der Waals surface area contributed by atoms with Gasteiger partial charge in [-0.3, -0.25) is 9.36 Å². The Morgan fingerprint density at radius 2 is 2.25 bits per heavy atom. The molecule has 3 aromatic rings. The highest BCUT2D eigenvalue weighted by Crippen LogP contribution is 2.16. The highest BCUT2D eigenvalue weighted by atomic mass is 32.1. The zero-order valence-corrected chi connectivity index (χ0v) is 14.0. The van der Waals surface area contributed by atoms with E-state index in [1.165, 1.54) is 15.9 Å². The van der Waals surface area contributed by atoms with Gasteiger partial charge in [-0.15, -0.1) is 11.3 Å². The molecule has 1 aromatic carbocycles. The number of aromatic nitrogens is 2. The molecule has 0 saturated heterocycles. The van der Waals surface area contributed by atoms with Gasteiger partial charge in [-0.05, 0) is 31.9 Å². The van der Waals surface area contributed by atoms with E-state index in [0.717, 1.165) is 18.5 Å². The summed E-state index contributed by atoms with van der Waals surface area (Å²) in [7, 11) is 0. The average molecular weight is 346 g/mol. The Bertz CT molecular complexity index is 911. The number of rotatable bonds is 6. The molecule has 0 unspecified atom stereocenters. The Labute approximate surface area is 142 Å². The molecule has 1 amide bonds. The zero-order chi connectivity index (χ0) is 17.1. The predicted octanol–water partition coefficient (Wildman–Crippen LogP) is 1.94. The maximum atomic E-state index is 12.3. The molecule has 2 aromatic heterocycles. The van der Waals surface area contributed by atoms with Crippen LogP contribution < -0.4 is 16.8 Å². The molecular formula is C16H18N4O3S. The molecule has 3 rings (SSSR count). The first kappa shape index (κ1) is 16.3. The maximum Gasteiger partial charge on any atom is 0.420 e. The minimum Gasteiger partial charge on any atom is -0.408 e. The van der Waals surface area contributed by atoms with Crippen molar-refractivity contribution < 1.29 is 9.21 Å². The van der Waals surface area contributed by atoms with Gasteiger partial charge in [0.2, 0.25) is 5.91 Å². The number of carbonyl (C=O) groups is 1. The standard InChI is InChI=1S/C16H18N4O3S/c1-10(20-12-6-2-3-7-13(12)23-16(20)22)14(21)18-8-4-5-11-9-24-15(17)19-11/h2-3,6-7,9-10H,4-5,8H2,1H3,(H2,17,19)(H,18,21)/t10-/m1/s1. The van der Waals surface area contributed by atoms with E-state index in [9.17, 15) is 9.59 Å². The summed E-state index contributed by atoms with van der Waals surface area (Å²) in [5.74, 6) is -0.752. The fourth-order valence-corrected chi connectivity index (χ4v) is 3.13. The summed E-state index contributed by atoms with van der Waals surface area (Å²) < 4.78 is 6.53. The number of carbonyl (C=O) groups excluding carboxylic acids is 1. The summed E-state index contributed by atoms with van der Waals surface area (Å²) in [6.07, 6.45) is 1.50. The number of para-hydroxylation sites is 2. The molecule has 2 heterocycles. The Morgan fingerprint density at radius 3 is 3.00 bits per heavy atom. The van der Waals surface area contributed by atoms with Gasteiger partial charge in [0.25, 0.3) is 0 Å². The Hall–Kier alpha value is -2.61. The molecule has 24 heavy (non-hydrogen) atoms. The van der Waals surface area contributed by atoms with Gasteiger partial charge in [0, 0.05) is 11.9 Å². The van der Waals surface area contributed by atoms with Crippen molar-refractivity contribution in [3.8, 4) is 0 Å². The monoisotopic (exact) mass is 346 g/mol. The van der Waals surface area contributed by atoms with E-state index >= 15 is 0 Å². The lowest BCUT2D eigenvalue weighted by Crippen LogP contribution is -2.35. The van der Waals surface area contributed by atoms with E-state index < -0.39 is 11.8 Å². The smallest absolute Gasteiger partial charge is 0.408 e. The molecule has 0 spiro atoms.